The molecular weight excluding hydrogens is 266 g/mol. The zero-order chi connectivity index (χ0) is 15.1. The van der Waals surface area contributed by atoms with Gasteiger partial charge in [-0.25, -0.2) is 4.79 Å². The van der Waals surface area contributed by atoms with E-state index in [2.05, 4.69) is 12.2 Å². The second kappa shape index (κ2) is 8.14. The number of carbonyl (C=O) groups is 1. The van der Waals surface area contributed by atoms with Crippen LogP contribution in [0.2, 0.25) is 0 Å². The van der Waals surface area contributed by atoms with Gasteiger partial charge < -0.3 is 9.47 Å². The number of carbonyl (C=O) groups excluding carboxylic acids is 1. The average molecular weight is 297 g/mol. The summed E-state index contributed by atoms with van der Waals surface area (Å²) < 4.78 is 11.1. The highest BCUT2D eigenvalue weighted by atomic mass is 16.5. The van der Waals surface area contributed by atoms with Crippen molar-refractivity contribution in [2.45, 2.75) is 63.8 Å². The highest BCUT2D eigenvalue weighted by Gasteiger charge is 2.51. The fraction of sp³-hybridized carbons (Fsp3) is 0.941. The number of esters is 1. The first-order chi connectivity index (χ1) is 10.2. The Balaban J connectivity index is 1.89. The molecule has 0 aromatic carbocycles. The highest BCUT2D eigenvalue weighted by molar-refractivity contribution is 5.82. The maximum absolute atomic E-state index is 12.3. The smallest absolute Gasteiger partial charge is 0.328 e. The topological polar surface area (TPSA) is 47.6 Å². The first kappa shape index (κ1) is 16.8. The van der Waals surface area contributed by atoms with Gasteiger partial charge in [-0.3, -0.25) is 5.32 Å². The molecule has 1 unspecified atom stereocenters. The molecular formula is C17H31NO3. The number of methoxy groups -OCH3 is 1. The Morgan fingerprint density at radius 2 is 1.90 bits per heavy atom. The molecule has 4 nitrogen and oxygen atoms in total. The van der Waals surface area contributed by atoms with Gasteiger partial charge >= 0.3 is 5.97 Å². The highest BCUT2D eigenvalue weighted by Crippen LogP contribution is 2.41. The molecule has 2 fully saturated rings. The summed E-state index contributed by atoms with van der Waals surface area (Å²) in [5.74, 6) is 0.907. The molecule has 0 amide bonds. The van der Waals surface area contributed by atoms with Gasteiger partial charge in [0.2, 0.25) is 0 Å². The van der Waals surface area contributed by atoms with Crippen molar-refractivity contribution in [3.05, 3.63) is 0 Å². The second-order valence-corrected chi connectivity index (χ2v) is 6.68. The zero-order valence-corrected chi connectivity index (χ0v) is 13.7. The molecule has 122 valence electrons. The number of hydrogen-bond acceptors (Lipinski definition) is 4. The maximum Gasteiger partial charge on any atom is 0.328 e. The minimum Gasteiger partial charge on any atom is -0.468 e. The lowest BCUT2D eigenvalue weighted by Gasteiger charge is -2.33. The van der Waals surface area contributed by atoms with Crippen molar-refractivity contribution in [1.29, 1.82) is 0 Å². The van der Waals surface area contributed by atoms with Crippen molar-refractivity contribution in [2.75, 3.05) is 26.9 Å². The quantitative estimate of drug-likeness (QED) is 0.665. The molecule has 2 aliphatic rings. The number of hydrogen-bond donors (Lipinski definition) is 1. The summed E-state index contributed by atoms with van der Waals surface area (Å²) in [5, 5.41) is 3.43. The van der Waals surface area contributed by atoms with Gasteiger partial charge in [-0.2, -0.15) is 0 Å². The summed E-state index contributed by atoms with van der Waals surface area (Å²) >= 11 is 0. The summed E-state index contributed by atoms with van der Waals surface area (Å²) in [6.07, 6.45) is 9.77. The molecule has 0 spiro atoms. The van der Waals surface area contributed by atoms with Gasteiger partial charge in [-0.05, 0) is 50.5 Å². The van der Waals surface area contributed by atoms with Crippen LogP contribution in [0.4, 0.5) is 0 Å². The third-order valence-corrected chi connectivity index (χ3v) is 4.92. The Morgan fingerprint density at radius 1 is 1.19 bits per heavy atom. The van der Waals surface area contributed by atoms with E-state index in [9.17, 15) is 4.79 Å². The fourth-order valence-corrected chi connectivity index (χ4v) is 3.46. The number of rotatable bonds is 9. The molecule has 2 rings (SSSR count). The Kier molecular flexibility index (Phi) is 6.49. The van der Waals surface area contributed by atoms with Crippen molar-refractivity contribution >= 4 is 5.97 Å². The summed E-state index contributed by atoms with van der Waals surface area (Å²) in [4.78, 5) is 12.3. The van der Waals surface area contributed by atoms with E-state index in [-0.39, 0.29) is 5.97 Å². The van der Waals surface area contributed by atoms with Crippen molar-refractivity contribution in [2.24, 2.45) is 11.8 Å². The SMILES string of the molecule is CCCNC(COCC1CCCCC1)(C(=O)OC)C1CC1. The molecule has 0 saturated heterocycles. The molecule has 1 N–H and O–H groups in total. The summed E-state index contributed by atoms with van der Waals surface area (Å²) in [6.45, 7) is 4.20. The summed E-state index contributed by atoms with van der Waals surface area (Å²) in [6, 6.07) is 0. The molecule has 0 bridgehead atoms. The van der Waals surface area contributed by atoms with E-state index in [1.165, 1.54) is 39.2 Å². The van der Waals surface area contributed by atoms with Crippen LogP contribution in [0.15, 0.2) is 0 Å². The van der Waals surface area contributed by atoms with Gasteiger partial charge in [-0.1, -0.05) is 26.2 Å². The normalized spacial score (nSPS) is 22.8. The Hall–Kier alpha value is -0.610. The van der Waals surface area contributed by atoms with Crippen LogP contribution in [0.1, 0.15) is 58.3 Å². The van der Waals surface area contributed by atoms with Gasteiger partial charge in [0.15, 0.2) is 0 Å². The van der Waals surface area contributed by atoms with Crippen LogP contribution in [0, 0.1) is 11.8 Å². The zero-order valence-electron chi connectivity index (χ0n) is 13.7. The Bertz CT molecular complexity index is 324. The minimum absolute atomic E-state index is 0.151. The third-order valence-electron chi connectivity index (χ3n) is 4.92. The van der Waals surface area contributed by atoms with E-state index in [1.54, 1.807) is 0 Å². The van der Waals surface area contributed by atoms with E-state index < -0.39 is 5.54 Å². The van der Waals surface area contributed by atoms with Crippen LogP contribution in [-0.4, -0.2) is 38.4 Å². The third kappa shape index (κ3) is 4.43. The van der Waals surface area contributed by atoms with Crippen LogP contribution < -0.4 is 5.32 Å². The molecule has 21 heavy (non-hydrogen) atoms. The largest absolute Gasteiger partial charge is 0.468 e. The van der Waals surface area contributed by atoms with Gasteiger partial charge in [-0.15, -0.1) is 0 Å². The Morgan fingerprint density at radius 3 is 2.48 bits per heavy atom. The van der Waals surface area contributed by atoms with Gasteiger partial charge in [0.1, 0.15) is 5.54 Å². The van der Waals surface area contributed by atoms with Crippen LogP contribution in [0.25, 0.3) is 0 Å². The lowest BCUT2D eigenvalue weighted by molar-refractivity contribution is -0.153. The van der Waals surface area contributed by atoms with E-state index in [0.717, 1.165) is 32.4 Å². The molecule has 0 aliphatic heterocycles. The molecule has 2 saturated carbocycles. The van der Waals surface area contributed by atoms with Crippen molar-refractivity contribution in [3.63, 3.8) is 0 Å². The average Bonchev–Trinajstić information content (AvgIpc) is 3.36. The summed E-state index contributed by atoms with van der Waals surface area (Å²) in [7, 11) is 1.48. The van der Waals surface area contributed by atoms with Crippen LogP contribution in [0.3, 0.4) is 0 Å². The Labute approximate surface area is 129 Å². The lowest BCUT2D eigenvalue weighted by Crippen LogP contribution is -2.58. The number of ether oxygens (including phenoxy) is 2. The molecule has 4 heteroatoms. The molecule has 0 aromatic rings. The molecule has 0 radical (unpaired) electrons. The summed E-state index contributed by atoms with van der Waals surface area (Å²) in [5.41, 5.74) is -0.612. The van der Waals surface area contributed by atoms with E-state index in [0.29, 0.717) is 18.4 Å². The first-order valence-corrected chi connectivity index (χ1v) is 8.64. The number of nitrogens with one attached hydrogen (secondary N) is 1. The molecule has 2 aliphatic carbocycles. The predicted molar refractivity (Wildman–Crippen MR) is 83.2 cm³/mol. The molecule has 1 atom stereocenters. The maximum atomic E-state index is 12.3. The van der Waals surface area contributed by atoms with Crippen molar-refractivity contribution in [1.82, 2.24) is 5.32 Å². The monoisotopic (exact) mass is 297 g/mol. The minimum atomic E-state index is -0.612. The molecule has 0 heterocycles. The lowest BCUT2D eigenvalue weighted by atomic mass is 9.90. The van der Waals surface area contributed by atoms with Crippen molar-refractivity contribution in [3.8, 4) is 0 Å². The first-order valence-electron chi connectivity index (χ1n) is 8.64. The van der Waals surface area contributed by atoms with Crippen LogP contribution >= 0.6 is 0 Å². The fourth-order valence-electron chi connectivity index (χ4n) is 3.46. The van der Waals surface area contributed by atoms with E-state index in [1.807, 2.05) is 0 Å². The van der Waals surface area contributed by atoms with E-state index in [4.69, 9.17) is 9.47 Å². The standard InChI is InChI=1S/C17H31NO3/c1-3-11-18-17(15-9-10-15,16(19)20-2)13-21-12-14-7-5-4-6-8-14/h14-15,18H,3-13H2,1-2H3. The predicted octanol–water partition coefficient (Wildman–Crippen LogP) is 2.90. The second-order valence-electron chi connectivity index (χ2n) is 6.68. The van der Waals surface area contributed by atoms with Crippen LogP contribution in [0.5, 0.6) is 0 Å². The van der Waals surface area contributed by atoms with Crippen LogP contribution in [-0.2, 0) is 14.3 Å². The van der Waals surface area contributed by atoms with Gasteiger partial charge in [0.25, 0.3) is 0 Å². The van der Waals surface area contributed by atoms with Crippen molar-refractivity contribution < 1.29 is 14.3 Å². The van der Waals surface area contributed by atoms with E-state index >= 15 is 0 Å². The van der Waals surface area contributed by atoms with Gasteiger partial charge in [0, 0.05) is 6.61 Å². The van der Waals surface area contributed by atoms with Gasteiger partial charge in [0.05, 0.1) is 13.7 Å². The molecule has 0 aromatic heterocycles.